The number of primary amides is 1. The Morgan fingerprint density at radius 2 is 2.09 bits per heavy atom. The molecule has 2 N–H and O–H groups in total. The van der Waals surface area contributed by atoms with Gasteiger partial charge in [-0.2, -0.15) is 0 Å². The van der Waals surface area contributed by atoms with Gasteiger partial charge in [-0.3, -0.25) is 9.59 Å². The van der Waals surface area contributed by atoms with Crippen molar-refractivity contribution in [3.63, 3.8) is 0 Å². The van der Waals surface area contributed by atoms with Crippen LogP contribution in [-0.2, 0) is 9.59 Å². The number of likely N-dealkylation sites (tertiary alicyclic amines) is 1. The first-order valence-electron chi connectivity index (χ1n) is 3.36. The van der Waals surface area contributed by atoms with E-state index >= 15 is 0 Å². The summed E-state index contributed by atoms with van der Waals surface area (Å²) in [5.74, 6) is -0.625. The summed E-state index contributed by atoms with van der Waals surface area (Å²) in [6.45, 7) is 4.22. The van der Waals surface area contributed by atoms with Gasteiger partial charge < -0.3 is 10.6 Å². The summed E-state index contributed by atoms with van der Waals surface area (Å²) < 4.78 is 0. The van der Waals surface area contributed by atoms with E-state index < -0.39 is 0 Å². The molecule has 1 aliphatic heterocycles. The van der Waals surface area contributed by atoms with Crippen LogP contribution >= 0.6 is 0 Å². The monoisotopic (exact) mass is 154 g/mol. The third-order valence-electron chi connectivity index (χ3n) is 1.77. The number of hydrogen-bond acceptors (Lipinski definition) is 2. The van der Waals surface area contributed by atoms with Crippen LogP contribution in [0.5, 0.6) is 0 Å². The van der Waals surface area contributed by atoms with Crippen molar-refractivity contribution < 1.29 is 9.59 Å². The van der Waals surface area contributed by atoms with Crippen molar-refractivity contribution in [1.29, 1.82) is 0 Å². The van der Waals surface area contributed by atoms with Gasteiger partial charge in [0.2, 0.25) is 11.8 Å². The quantitative estimate of drug-likeness (QED) is 0.525. The SMILES string of the molecule is C=CC(=O)N1CC(C(N)=O)C1. The minimum Gasteiger partial charge on any atom is -0.369 e. The fraction of sp³-hybridized carbons (Fsp3) is 0.429. The highest BCUT2D eigenvalue weighted by Gasteiger charge is 2.32. The van der Waals surface area contributed by atoms with Crippen LogP contribution in [0.1, 0.15) is 0 Å². The summed E-state index contributed by atoms with van der Waals surface area (Å²) in [7, 11) is 0. The molecule has 0 aromatic rings. The lowest BCUT2D eigenvalue weighted by Crippen LogP contribution is -2.54. The van der Waals surface area contributed by atoms with Gasteiger partial charge in [0.1, 0.15) is 0 Å². The van der Waals surface area contributed by atoms with Gasteiger partial charge >= 0.3 is 0 Å². The highest BCUT2D eigenvalue weighted by atomic mass is 16.2. The fourth-order valence-electron chi connectivity index (χ4n) is 0.968. The molecule has 1 saturated heterocycles. The summed E-state index contributed by atoms with van der Waals surface area (Å²) in [5, 5.41) is 0. The minimum absolute atomic E-state index is 0.137. The van der Waals surface area contributed by atoms with Gasteiger partial charge in [0, 0.05) is 13.1 Å². The smallest absolute Gasteiger partial charge is 0.246 e. The van der Waals surface area contributed by atoms with Crippen LogP contribution in [-0.4, -0.2) is 29.8 Å². The molecule has 2 amide bonds. The van der Waals surface area contributed by atoms with Gasteiger partial charge in [0.05, 0.1) is 5.92 Å². The number of hydrogen-bond donors (Lipinski definition) is 1. The van der Waals surface area contributed by atoms with Crippen molar-refractivity contribution in [1.82, 2.24) is 4.90 Å². The Balaban J connectivity index is 2.35. The average molecular weight is 154 g/mol. The number of nitrogens with zero attached hydrogens (tertiary/aromatic N) is 1. The summed E-state index contributed by atoms with van der Waals surface area (Å²) >= 11 is 0. The molecule has 1 fully saturated rings. The second kappa shape index (κ2) is 2.74. The van der Waals surface area contributed by atoms with Crippen LogP contribution in [0.2, 0.25) is 0 Å². The van der Waals surface area contributed by atoms with E-state index in [9.17, 15) is 9.59 Å². The molecule has 0 spiro atoms. The largest absolute Gasteiger partial charge is 0.369 e. The predicted molar refractivity (Wildman–Crippen MR) is 39.5 cm³/mol. The van der Waals surface area contributed by atoms with E-state index in [1.165, 1.54) is 11.0 Å². The molecule has 0 aromatic heterocycles. The Labute approximate surface area is 64.7 Å². The first-order valence-corrected chi connectivity index (χ1v) is 3.36. The fourth-order valence-corrected chi connectivity index (χ4v) is 0.968. The Morgan fingerprint density at radius 3 is 2.45 bits per heavy atom. The maximum atomic E-state index is 10.8. The molecule has 1 aliphatic rings. The third-order valence-corrected chi connectivity index (χ3v) is 1.77. The zero-order valence-electron chi connectivity index (χ0n) is 6.12. The van der Waals surface area contributed by atoms with E-state index in [0.717, 1.165) is 0 Å². The molecule has 60 valence electrons. The first-order chi connectivity index (χ1) is 5.15. The number of carbonyl (C=O) groups is 2. The Kier molecular flexibility index (Phi) is 1.94. The number of nitrogens with two attached hydrogens (primary N) is 1. The normalized spacial score (nSPS) is 17.3. The third kappa shape index (κ3) is 1.39. The standard InChI is InChI=1S/C7H10N2O2/c1-2-6(10)9-3-5(4-9)7(8)11/h2,5H,1,3-4H2,(H2,8,11). The van der Waals surface area contributed by atoms with Crippen LogP contribution < -0.4 is 5.73 Å². The maximum absolute atomic E-state index is 10.8. The van der Waals surface area contributed by atoms with Gasteiger partial charge in [-0.05, 0) is 6.08 Å². The van der Waals surface area contributed by atoms with Crippen molar-refractivity contribution in [2.45, 2.75) is 0 Å². The Bertz CT molecular complexity index is 206. The highest BCUT2D eigenvalue weighted by Crippen LogP contribution is 2.14. The molecule has 0 unspecified atom stereocenters. The second-order valence-corrected chi connectivity index (χ2v) is 2.55. The number of carbonyl (C=O) groups excluding carboxylic acids is 2. The molecule has 0 bridgehead atoms. The molecule has 11 heavy (non-hydrogen) atoms. The van der Waals surface area contributed by atoms with Gasteiger partial charge in [-0.15, -0.1) is 0 Å². The second-order valence-electron chi connectivity index (χ2n) is 2.55. The summed E-state index contributed by atoms with van der Waals surface area (Å²) in [5.41, 5.74) is 5.00. The van der Waals surface area contributed by atoms with Crippen molar-refractivity contribution in [3.05, 3.63) is 12.7 Å². The number of rotatable bonds is 2. The molecular weight excluding hydrogens is 144 g/mol. The van der Waals surface area contributed by atoms with Crippen molar-refractivity contribution >= 4 is 11.8 Å². The van der Waals surface area contributed by atoms with Crippen molar-refractivity contribution in [3.8, 4) is 0 Å². The summed E-state index contributed by atoms with van der Waals surface area (Å²) in [6.07, 6.45) is 1.23. The molecule has 4 nitrogen and oxygen atoms in total. The molecule has 1 heterocycles. The van der Waals surface area contributed by atoms with E-state index in [1.807, 2.05) is 0 Å². The predicted octanol–water partition coefficient (Wildman–Crippen LogP) is -0.884. The van der Waals surface area contributed by atoms with Crippen molar-refractivity contribution in [2.24, 2.45) is 11.7 Å². The lowest BCUT2D eigenvalue weighted by molar-refractivity contribution is -0.137. The molecule has 0 aliphatic carbocycles. The van der Waals surface area contributed by atoms with Crippen LogP contribution in [0.25, 0.3) is 0 Å². The zero-order valence-corrected chi connectivity index (χ0v) is 6.12. The molecular formula is C7H10N2O2. The minimum atomic E-state index is -0.335. The van der Waals surface area contributed by atoms with E-state index in [0.29, 0.717) is 13.1 Å². The first kappa shape index (κ1) is 7.78. The zero-order chi connectivity index (χ0) is 8.43. The molecule has 0 radical (unpaired) electrons. The van der Waals surface area contributed by atoms with Gasteiger partial charge in [0.15, 0.2) is 0 Å². The van der Waals surface area contributed by atoms with Crippen LogP contribution in [0, 0.1) is 5.92 Å². The summed E-state index contributed by atoms with van der Waals surface area (Å²) in [4.78, 5) is 22.8. The van der Waals surface area contributed by atoms with E-state index in [4.69, 9.17) is 5.73 Å². The lowest BCUT2D eigenvalue weighted by Gasteiger charge is -2.36. The Morgan fingerprint density at radius 1 is 1.55 bits per heavy atom. The van der Waals surface area contributed by atoms with Crippen LogP contribution in [0.3, 0.4) is 0 Å². The molecule has 0 atom stereocenters. The molecule has 4 heteroatoms. The Hall–Kier alpha value is -1.32. The maximum Gasteiger partial charge on any atom is 0.246 e. The highest BCUT2D eigenvalue weighted by molar-refractivity contribution is 5.89. The van der Waals surface area contributed by atoms with E-state index in [-0.39, 0.29) is 17.7 Å². The van der Waals surface area contributed by atoms with Gasteiger partial charge in [0.25, 0.3) is 0 Å². The van der Waals surface area contributed by atoms with Crippen molar-refractivity contribution in [2.75, 3.05) is 13.1 Å². The average Bonchev–Trinajstić information content (AvgIpc) is 1.83. The van der Waals surface area contributed by atoms with Gasteiger partial charge in [-0.1, -0.05) is 6.58 Å². The topological polar surface area (TPSA) is 63.4 Å². The van der Waals surface area contributed by atoms with E-state index in [1.54, 1.807) is 0 Å². The molecule has 1 rings (SSSR count). The van der Waals surface area contributed by atoms with Crippen LogP contribution in [0.15, 0.2) is 12.7 Å². The van der Waals surface area contributed by atoms with Crippen LogP contribution in [0.4, 0.5) is 0 Å². The van der Waals surface area contributed by atoms with E-state index in [2.05, 4.69) is 6.58 Å². The molecule has 0 aromatic carbocycles. The molecule has 0 saturated carbocycles. The lowest BCUT2D eigenvalue weighted by atomic mass is 10.00. The number of amides is 2. The summed E-state index contributed by atoms with van der Waals surface area (Å²) in [6, 6.07) is 0. The van der Waals surface area contributed by atoms with Gasteiger partial charge in [-0.25, -0.2) is 0 Å².